The molecule has 0 fully saturated rings. The zero-order valence-corrected chi connectivity index (χ0v) is 10.0. The Morgan fingerprint density at radius 1 is 1.36 bits per heavy atom. The Morgan fingerprint density at radius 2 is 1.86 bits per heavy atom. The number of terminal acetylenes is 1. The molecule has 14 heavy (non-hydrogen) atoms. The van der Waals surface area contributed by atoms with Gasteiger partial charge in [0, 0.05) is 18.0 Å². The summed E-state index contributed by atoms with van der Waals surface area (Å²) in [4.78, 5) is 2.38. The molecule has 1 unspecified atom stereocenters. The van der Waals surface area contributed by atoms with Gasteiger partial charge in [0.2, 0.25) is 0 Å². The quantitative estimate of drug-likeness (QED) is 0.657. The van der Waals surface area contributed by atoms with E-state index in [9.17, 15) is 0 Å². The topological polar surface area (TPSA) is 29.3 Å². The monoisotopic (exact) mass is 196 g/mol. The standard InChI is InChI=1S/C12H24N2/c1-6-9-10-11(13)12(4,5)14(7-2)8-3/h1,11H,7-10,13H2,2-5H3. The van der Waals surface area contributed by atoms with Crippen molar-refractivity contribution < 1.29 is 0 Å². The predicted molar refractivity (Wildman–Crippen MR) is 63.0 cm³/mol. The molecule has 0 aliphatic rings. The number of hydrogen-bond acceptors (Lipinski definition) is 2. The van der Waals surface area contributed by atoms with Crippen LogP contribution < -0.4 is 5.73 Å². The van der Waals surface area contributed by atoms with Crippen molar-refractivity contribution in [3.8, 4) is 12.3 Å². The number of hydrogen-bond donors (Lipinski definition) is 1. The van der Waals surface area contributed by atoms with Crippen molar-refractivity contribution in [2.24, 2.45) is 5.73 Å². The van der Waals surface area contributed by atoms with Gasteiger partial charge in [0.05, 0.1) is 0 Å². The molecule has 0 aromatic heterocycles. The minimum Gasteiger partial charge on any atom is -0.326 e. The van der Waals surface area contributed by atoms with Gasteiger partial charge in [0.15, 0.2) is 0 Å². The van der Waals surface area contributed by atoms with E-state index < -0.39 is 0 Å². The maximum absolute atomic E-state index is 6.15. The van der Waals surface area contributed by atoms with Crippen LogP contribution in [0.4, 0.5) is 0 Å². The van der Waals surface area contributed by atoms with E-state index >= 15 is 0 Å². The molecule has 82 valence electrons. The Kier molecular flexibility index (Phi) is 5.83. The van der Waals surface area contributed by atoms with Crippen molar-refractivity contribution in [3.05, 3.63) is 0 Å². The highest BCUT2D eigenvalue weighted by molar-refractivity contribution is 4.94. The first-order valence-electron chi connectivity index (χ1n) is 5.44. The number of rotatable bonds is 6. The van der Waals surface area contributed by atoms with Crippen LogP contribution in [0, 0.1) is 12.3 Å². The lowest BCUT2D eigenvalue weighted by Gasteiger charge is -2.41. The summed E-state index contributed by atoms with van der Waals surface area (Å²) in [5.41, 5.74) is 6.19. The molecule has 0 rings (SSSR count). The molecule has 0 saturated heterocycles. The smallest absolute Gasteiger partial charge is 0.0304 e. The third-order valence-corrected chi connectivity index (χ3v) is 3.09. The third-order valence-electron chi connectivity index (χ3n) is 3.09. The molecule has 0 heterocycles. The third kappa shape index (κ3) is 3.32. The lowest BCUT2D eigenvalue weighted by Crippen LogP contribution is -2.55. The fraction of sp³-hybridized carbons (Fsp3) is 0.833. The average molecular weight is 196 g/mol. The minimum atomic E-state index is 0.0420. The molecular formula is C12H24N2. The molecular weight excluding hydrogens is 172 g/mol. The van der Waals surface area contributed by atoms with Crippen molar-refractivity contribution in [2.45, 2.75) is 52.1 Å². The van der Waals surface area contributed by atoms with Gasteiger partial charge >= 0.3 is 0 Å². The van der Waals surface area contributed by atoms with E-state index in [4.69, 9.17) is 12.2 Å². The van der Waals surface area contributed by atoms with E-state index in [1.165, 1.54) is 0 Å². The van der Waals surface area contributed by atoms with Crippen LogP contribution in [0.5, 0.6) is 0 Å². The summed E-state index contributed by atoms with van der Waals surface area (Å²) in [5.74, 6) is 2.65. The van der Waals surface area contributed by atoms with E-state index in [0.717, 1.165) is 25.9 Å². The van der Waals surface area contributed by atoms with Gasteiger partial charge in [0.25, 0.3) is 0 Å². The second kappa shape index (κ2) is 6.06. The fourth-order valence-corrected chi connectivity index (χ4v) is 1.87. The van der Waals surface area contributed by atoms with E-state index in [1.807, 2.05) is 0 Å². The highest BCUT2D eigenvalue weighted by Crippen LogP contribution is 2.20. The molecule has 0 saturated carbocycles. The summed E-state index contributed by atoms with van der Waals surface area (Å²) < 4.78 is 0. The van der Waals surface area contributed by atoms with Gasteiger partial charge in [-0.15, -0.1) is 12.3 Å². The molecule has 0 radical (unpaired) electrons. The fourth-order valence-electron chi connectivity index (χ4n) is 1.87. The largest absolute Gasteiger partial charge is 0.326 e. The molecule has 0 spiro atoms. The van der Waals surface area contributed by atoms with Crippen LogP contribution in [0.2, 0.25) is 0 Å². The summed E-state index contributed by atoms with van der Waals surface area (Å²) in [7, 11) is 0. The minimum absolute atomic E-state index is 0.0420. The molecule has 2 heteroatoms. The molecule has 1 atom stereocenters. The van der Waals surface area contributed by atoms with Crippen molar-refractivity contribution in [3.63, 3.8) is 0 Å². The first-order chi connectivity index (χ1) is 6.50. The maximum atomic E-state index is 6.15. The van der Waals surface area contributed by atoms with E-state index in [0.29, 0.717) is 0 Å². The van der Waals surface area contributed by atoms with Gasteiger partial charge in [-0.25, -0.2) is 0 Å². The molecule has 2 nitrogen and oxygen atoms in total. The van der Waals surface area contributed by atoms with Crippen LogP contribution >= 0.6 is 0 Å². The Bertz CT molecular complexity index is 187. The second-order valence-electron chi connectivity index (χ2n) is 4.18. The molecule has 0 aliphatic heterocycles. The van der Waals surface area contributed by atoms with Crippen molar-refractivity contribution >= 4 is 0 Å². The first-order valence-corrected chi connectivity index (χ1v) is 5.44. The molecule has 0 aliphatic carbocycles. The lowest BCUT2D eigenvalue weighted by molar-refractivity contribution is 0.104. The van der Waals surface area contributed by atoms with Crippen LogP contribution in [0.1, 0.15) is 40.5 Å². The van der Waals surface area contributed by atoms with Crippen LogP contribution in [0.25, 0.3) is 0 Å². The van der Waals surface area contributed by atoms with Gasteiger partial charge < -0.3 is 5.73 Å². The predicted octanol–water partition coefficient (Wildman–Crippen LogP) is 1.85. The molecule has 2 N–H and O–H groups in total. The number of nitrogens with two attached hydrogens (primary N) is 1. The van der Waals surface area contributed by atoms with Crippen molar-refractivity contribution in [2.75, 3.05) is 13.1 Å². The summed E-state index contributed by atoms with van der Waals surface area (Å²) in [6, 6.07) is 0.151. The molecule has 0 bridgehead atoms. The van der Waals surface area contributed by atoms with Crippen molar-refractivity contribution in [1.82, 2.24) is 4.90 Å². The van der Waals surface area contributed by atoms with Gasteiger partial charge in [-0.1, -0.05) is 13.8 Å². The molecule has 0 aromatic rings. The van der Waals surface area contributed by atoms with E-state index in [2.05, 4.69) is 38.5 Å². The van der Waals surface area contributed by atoms with Crippen LogP contribution in [0.3, 0.4) is 0 Å². The van der Waals surface area contributed by atoms with Crippen molar-refractivity contribution in [1.29, 1.82) is 0 Å². The van der Waals surface area contributed by atoms with E-state index in [1.54, 1.807) is 0 Å². The summed E-state index contributed by atoms with van der Waals surface area (Å²) >= 11 is 0. The summed E-state index contributed by atoms with van der Waals surface area (Å²) in [6.07, 6.45) is 6.91. The highest BCUT2D eigenvalue weighted by Gasteiger charge is 2.30. The molecule has 0 amide bonds. The highest BCUT2D eigenvalue weighted by atomic mass is 15.2. The maximum Gasteiger partial charge on any atom is 0.0304 e. The van der Waals surface area contributed by atoms with Gasteiger partial charge in [0.1, 0.15) is 0 Å². The van der Waals surface area contributed by atoms with Gasteiger partial charge in [-0.2, -0.15) is 0 Å². The average Bonchev–Trinajstić information content (AvgIpc) is 2.15. The van der Waals surface area contributed by atoms with Crippen LogP contribution in [-0.2, 0) is 0 Å². The summed E-state index contributed by atoms with van der Waals surface area (Å²) in [5, 5.41) is 0. The normalized spacial score (nSPS) is 14.1. The van der Waals surface area contributed by atoms with Gasteiger partial charge in [-0.3, -0.25) is 4.90 Å². The lowest BCUT2D eigenvalue weighted by atomic mass is 9.89. The van der Waals surface area contributed by atoms with Crippen LogP contribution in [-0.4, -0.2) is 29.6 Å². The second-order valence-corrected chi connectivity index (χ2v) is 4.18. The Balaban J connectivity index is 4.34. The Labute approximate surface area is 88.9 Å². The zero-order chi connectivity index (χ0) is 11.2. The number of likely N-dealkylation sites (N-methyl/N-ethyl adjacent to an activating group) is 1. The van der Waals surface area contributed by atoms with Gasteiger partial charge in [-0.05, 0) is 33.4 Å². The molecule has 0 aromatic carbocycles. The SMILES string of the molecule is C#CCCC(N)C(C)(C)N(CC)CC. The van der Waals surface area contributed by atoms with E-state index in [-0.39, 0.29) is 11.6 Å². The van der Waals surface area contributed by atoms with Crippen LogP contribution in [0.15, 0.2) is 0 Å². The first kappa shape index (κ1) is 13.5. The zero-order valence-electron chi connectivity index (χ0n) is 10.0. The summed E-state index contributed by atoms with van der Waals surface area (Å²) in [6.45, 7) is 10.8. The number of nitrogens with zero attached hydrogens (tertiary/aromatic N) is 1. The Morgan fingerprint density at radius 3 is 2.21 bits per heavy atom. The Hall–Kier alpha value is -0.520.